The smallest absolute Gasteiger partial charge is 0.0834 e. The molecule has 0 radical (unpaired) electrons. The molecule has 104 valence electrons. The number of halogens is 1. The summed E-state index contributed by atoms with van der Waals surface area (Å²) >= 11 is 6.20. The lowest BCUT2D eigenvalue weighted by Gasteiger charge is -2.21. The summed E-state index contributed by atoms with van der Waals surface area (Å²) in [5.74, 6) is 6.05. The summed E-state index contributed by atoms with van der Waals surface area (Å²) in [5, 5.41) is 4.95. The maximum atomic E-state index is 6.20. The molecule has 0 amide bonds. The van der Waals surface area contributed by atoms with Crippen molar-refractivity contribution in [1.29, 1.82) is 0 Å². The van der Waals surface area contributed by atoms with Crippen LogP contribution in [0.5, 0.6) is 0 Å². The molecule has 3 N–H and O–H groups in total. The summed E-state index contributed by atoms with van der Waals surface area (Å²) in [5.41, 5.74) is 3.79. The molecule has 0 saturated heterocycles. The molecule has 2 unspecified atom stereocenters. The molecule has 0 aliphatic carbocycles. The Kier molecular flexibility index (Phi) is 6.63. The number of methoxy groups -OCH3 is 1. The molecule has 0 bridgehead atoms. The molecule has 1 aromatic rings. The first-order valence-corrected chi connectivity index (χ1v) is 6.68. The highest BCUT2D eigenvalue weighted by Gasteiger charge is 2.21. The summed E-state index contributed by atoms with van der Waals surface area (Å²) in [7, 11) is 1.70. The second-order valence-electron chi connectivity index (χ2n) is 4.62. The van der Waals surface area contributed by atoms with Crippen LogP contribution in [0.1, 0.15) is 38.4 Å². The quantitative estimate of drug-likeness (QED) is 0.563. The molecule has 6 heteroatoms. The average Bonchev–Trinajstić information content (AvgIpc) is 2.69. The minimum atomic E-state index is -0.00306. The lowest BCUT2D eigenvalue weighted by molar-refractivity contribution is 0.148. The highest BCUT2D eigenvalue weighted by atomic mass is 35.5. The monoisotopic (exact) mass is 274 g/mol. The summed E-state index contributed by atoms with van der Waals surface area (Å²) in [6.45, 7) is 5.79. The molecule has 0 aromatic carbocycles. The van der Waals surface area contributed by atoms with Gasteiger partial charge in [0.1, 0.15) is 0 Å². The van der Waals surface area contributed by atoms with E-state index in [1.807, 2.05) is 4.68 Å². The van der Waals surface area contributed by atoms with Crippen LogP contribution >= 0.6 is 11.6 Å². The number of rotatable bonds is 8. The number of hydrazine groups is 1. The Hall–Kier alpha value is -0.620. The summed E-state index contributed by atoms with van der Waals surface area (Å²) < 4.78 is 7.07. The molecule has 0 saturated carbocycles. The molecule has 1 rings (SSSR count). The van der Waals surface area contributed by atoms with Crippen LogP contribution in [0, 0.1) is 5.92 Å². The van der Waals surface area contributed by atoms with Crippen LogP contribution < -0.4 is 11.3 Å². The van der Waals surface area contributed by atoms with Gasteiger partial charge in [-0.2, -0.15) is 5.10 Å². The van der Waals surface area contributed by atoms with Gasteiger partial charge in [0.25, 0.3) is 0 Å². The summed E-state index contributed by atoms with van der Waals surface area (Å²) in [6.07, 6.45) is 3.55. The Bertz CT molecular complexity index is 356. The normalized spacial score (nSPS) is 14.7. The topological polar surface area (TPSA) is 65.1 Å². The van der Waals surface area contributed by atoms with Gasteiger partial charge in [-0.25, -0.2) is 0 Å². The van der Waals surface area contributed by atoms with Crippen LogP contribution in [0.4, 0.5) is 0 Å². The number of ether oxygens (including phenoxy) is 1. The van der Waals surface area contributed by atoms with E-state index in [1.54, 1.807) is 13.3 Å². The third-order valence-corrected chi connectivity index (χ3v) is 3.18. The molecule has 0 aliphatic heterocycles. The van der Waals surface area contributed by atoms with Crippen molar-refractivity contribution >= 4 is 11.6 Å². The molecule has 1 heterocycles. The average molecular weight is 275 g/mol. The molecule has 0 aliphatic rings. The first-order valence-electron chi connectivity index (χ1n) is 6.30. The van der Waals surface area contributed by atoms with Gasteiger partial charge in [-0.05, 0) is 18.8 Å². The number of nitrogens with two attached hydrogens (primary N) is 1. The van der Waals surface area contributed by atoms with Gasteiger partial charge in [0, 0.05) is 20.3 Å². The first-order chi connectivity index (χ1) is 8.63. The van der Waals surface area contributed by atoms with E-state index >= 15 is 0 Å². The molecule has 2 atom stereocenters. The van der Waals surface area contributed by atoms with Crippen LogP contribution in [0.15, 0.2) is 6.20 Å². The fraction of sp³-hybridized carbons (Fsp3) is 0.750. The zero-order valence-electron chi connectivity index (χ0n) is 11.3. The Morgan fingerprint density at radius 1 is 1.61 bits per heavy atom. The minimum Gasteiger partial charge on any atom is -0.384 e. The zero-order chi connectivity index (χ0) is 13.5. The zero-order valence-corrected chi connectivity index (χ0v) is 12.1. The van der Waals surface area contributed by atoms with Crippen molar-refractivity contribution in [3.8, 4) is 0 Å². The van der Waals surface area contributed by atoms with Crippen LogP contribution in [0.25, 0.3) is 0 Å². The van der Waals surface area contributed by atoms with Crippen LogP contribution in [0.3, 0.4) is 0 Å². The van der Waals surface area contributed by atoms with Crippen molar-refractivity contribution in [3.05, 3.63) is 16.9 Å². The summed E-state index contributed by atoms with van der Waals surface area (Å²) in [4.78, 5) is 0. The van der Waals surface area contributed by atoms with E-state index in [2.05, 4.69) is 24.4 Å². The van der Waals surface area contributed by atoms with E-state index in [-0.39, 0.29) is 6.04 Å². The van der Waals surface area contributed by atoms with Crippen molar-refractivity contribution in [2.45, 2.75) is 39.3 Å². The Morgan fingerprint density at radius 2 is 2.33 bits per heavy atom. The third-order valence-electron chi connectivity index (χ3n) is 2.89. The lowest BCUT2D eigenvalue weighted by Crippen LogP contribution is -2.32. The van der Waals surface area contributed by atoms with Crippen molar-refractivity contribution in [2.75, 3.05) is 13.7 Å². The fourth-order valence-electron chi connectivity index (χ4n) is 2.12. The van der Waals surface area contributed by atoms with Crippen molar-refractivity contribution in [1.82, 2.24) is 15.2 Å². The number of nitrogens with one attached hydrogen (secondary N) is 1. The Morgan fingerprint density at radius 3 is 2.89 bits per heavy atom. The van der Waals surface area contributed by atoms with Gasteiger partial charge in [0.05, 0.1) is 23.0 Å². The molecule has 18 heavy (non-hydrogen) atoms. The van der Waals surface area contributed by atoms with Crippen LogP contribution in [0.2, 0.25) is 5.02 Å². The summed E-state index contributed by atoms with van der Waals surface area (Å²) in [6, 6.07) is -0.00306. The van der Waals surface area contributed by atoms with E-state index in [0.29, 0.717) is 17.5 Å². The van der Waals surface area contributed by atoms with E-state index in [9.17, 15) is 0 Å². The van der Waals surface area contributed by atoms with Gasteiger partial charge in [-0.3, -0.25) is 16.0 Å². The van der Waals surface area contributed by atoms with Crippen LogP contribution in [-0.4, -0.2) is 23.5 Å². The first kappa shape index (κ1) is 15.4. The van der Waals surface area contributed by atoms with Gasteiger partial charge >= 0.3 is 0 Å². The molecular weight excluding hydrogens is 252 g/mol. The van der Waals surface area contributed by atoms with Crippen molar-refractivity contribution < 1.29 is 4.74 Å². The molecular formula is C12H23ClN4O. The molecule has 0 spiro atoms. The molecule has 1 aromatic heterocycles. The van der Waals surface area contributed by atoms with E-state index in [1.165, 1.54) is 0 Å². The third kappa shape index (κ3) is 3.95. The highest BCUT2D eigenvalue weighted by molar-refractivity contribution is 6.31. The van der Waals surface area contributed by atoms with Gasteiger partial charge < -0.3 is 4.74 Å². The van der Waals surface area contributed by atoms with E-state index in [4.69, 9.17) is 22.2 Å². The largest absolute Gasteiger partial charge is 0.384 e. The van der Waals surface area contributed by atoms with Crippen LogP contribution in [-0.2, 0) is 11.3 Å². The van der Waals surface area contributed by atoms with E-state index in [0.717, 1.165) is 25.1 Å². The second kappa shape index (κ2) is 7.74. The minimum absolute atomic E-state index is 0.00306. The number of hydrogen-bond acceptors (Lipinski definition) is 4. The van der Waals surface area contributed by atoms with Crippen molar-refractivity contribution in [3.63, 3.8) is 0 Å². The number of hydrogen-bond donors (Lipinski definition) is 2. The number of aromatic nitrogens is 2. The predicted molar refractivity (Wildman–Crippen MR) is 73.2 cm³/mol. The lowest BCUT2D eigenvalue weighted by atomic mass is 10.0. The predicted octanol–water partition coefficient (Wildman–Crippen LogP) is 2.12. The second-order valence-corrected chi connectivity index (χ2v) is 5.02. The fourth-order valence-corrected chi connectivity index (χ4v) is 2.39. The van der Waals surface area contributed by atoms with Gasteiger partial charge in [0.15, 0.2) is 0 Å². The highest BCUT2D eigenvalue weighted by Crippen LogP contribution is 2.27. The SMILES string of the molecule is CCCn1ncc(Cl)c1C(CC(C)COC)NN. The van der Waals surface area contributed by atoms with Gasteiger partial charge in [0.2, 0.25) is 0 Å². The Labute approximate surface area is 114 Å². The van der Waals surface area contributed by atoms with E-state index < -0.39 is 0 Å². The maximum absolute atomic E-state index is 6.20. The van der Waals surface area contributed by atoms with Crippen molar-refractivity contribution in [2.24, 2.45) is 11.8 Å². The number of nitrogens with zero attached hydrogens (tertiary/aromatic N) is 2. The molecule has 0 fully saturated rings. The standard InChI is InChI=1S/C12H23ClN4O/c1-4-5-17-12(10(13)7-15-17)11(16-14)6-9(2)8-18-3/h7,9,11,16H,4-6,8,14H2,1-3H3. The molecule has 5 nitrogen and oxygen atoms in total. The Balaban J connectivity index is 2.83. The maximum Gasteiger partial charge on any atom is 0.0834 e. The van der Waals surface area contributed by atoms with Gasteiger partial charge in [-0.15, -0.1) is 0 Å². The van der Waals surface area contributed by atoms with Gasteiger partial charge in [-0.1, -0.05) is 25.4 Å². The number of aryl methyl sites for hydroxylation is 1.